The molecule has 3 rings (SSSR count). The topological polar surface area (TPSA) is 24.5 Å². The number of nitrogens with one attached hydrogen (secondary N) is 1. The molecule has 1 aromatic carbocycles. The molecule has 3 nitrogen and oxygen atoms in total. The van der Waals surface area contributed by atoms with Crippen molar-refractivity contribution in [3.63, 3.8) is 0 Å². The number of piperazine rings is 1. The van der Waals surface area contributed by atoms with E-state index in [2.05, 4.69) is 35.3 Å². The Labute approximate surface area is 109 Å². The number of ether oxygens (including phenoxy) is 1. The lowest BCUT2D eigenvalue weighted by molar-refractivity contribution is 0.412. The first-order chi connectivity index (χ1) is 8.78. The number of benzene rings is 1. The summed E-state index contributed by atoms with van der Waals surface area (Å²) in [5, 5.41) is 3.66. The van der Waals surface area contributed by atoms with Gasteiger partial charge in [0.15, 0.2) is 0 Å². The van der Waals surface area contributed by atoms with Gasteiger partial charge in [0, 0.05) is 31.4 Å². The number of methoxy groups -OCH3 is 1. The van der Waals surface area contributed by atoms with Gasteiger partial charge in [0.2, 0.25) is 0 Å². The van der Waals surface area contributed by atoms with Crippen LogP contribution in [-0.2, 0) is 0 Å². The van der Waals surface area contributed by atoms with Crippen molar-refractivity contribution in [3.8, 4) is 5.75 Å². The molecule has 1 aromatic rings. The average molecular weight is 246 g/mol. The van der Waals surface area contributed by atoms with Crippen LogP contribution in [0.15, 0.2) is 18.2 Å². The summed E-state index contributed by atoms with van der Waals surface area (Å²) < 4.78 is 5.28. The standard InChI is InChI=1S/C15H22N2O/c1-11-9-13(18-2)5-6-15(11)17-8-7-16-14(10-17)12-3-4-12/h5-6,9,12,14,16H,3-4,7-8,10H2,1-2H3. The molecule has 1 N–H and O–H groups in total. The van der Waals surface area contributed by atoms with Crippen molar-refractivity contribution in [2.24, 2.45) is 5.92 Å². The highest BCUT2D eigenvalue weighted by Crippen LogP contribution is 2.35. The minimum absolute atomic E-state index is 0.695. The van der Waals surface area contributed by atoms with Crippen molar-refractivity contribution >= 4 is 5.69 Å². The van der Waals surface area contributed by atoms with Gasteiger partial charge in [-0.1, -0.05) is 0 Å². The normalized spacial score (nSPS) is 24.1. The molecule has 0 bridgehead atoms. The lowest BCUT2D eigenvalue weighted by Crippen LogP contribution is -2.51. The molecule has 3 heteroatoms. The molecule has 1 aliphatic carbocycles. The van der Waals surface area contributed by atoms with E-state index in [4.69, 9.17) is 4.74 Å². The molecule has 98 valence electrons. The number of anilines is 1. The van der Waals surface area contributed by atoms with E-state index in [9.17, 15) is 0 Å². The van der Waals surface area contributed by atoms with Crippen LogP contribution in [0.4, 0.5) is 5.69 Å². The number of hydrogen-bond acceptors (Lipinski definition) is 3. The minimum atomic E-state index is 0.695. The summed E-state index contributed by atoms with van der Waals surface area (Å²) in [5.74, 6) is 1.87. The Morgan fingerprint density at radius 1 is 1.33 bits per heavy atom. The smallest absolute Gasteiger partial charge is 0.119 e. The van der Waals surface area contributed by atoms with Crippen LogP contribution >= 0.6 is 0 Å². The summed E-state index contributed by atoms with van der Waals surface area (Å²) >= 11 is 0. The van der Waals surface area contributed by atoms with Crippen molar-refractivity contribution in [2.75, 3.05) is 31.6 Å². The first-order valence-electron chi connectivity index (χ1n) is 6.91. The van der Waals surface area contributed by atoms with Gasteiger partial charge >= 0.3 is 0 Å². The second-order valence-electron chi connectivity index (χ2n) is 5.50. The number of hydrogen-bond donors (Lipinski definition) is 1. The van der Waals surface area contributed by atoms with Crippen LogP contribution in [0.2, 0.25) is 0 Å². The Hall–Kier alpha value is -1.22. The molecule has 18 heavy (non-hydrogen) atoms. The Kier molecular flexibility index (Phi) is 3.16. The van der Waals surface area contributed by atoms with Gasteiger partial charge in [-0.15, -0.1) is 0 Å². The van der Waals surface area contributed by atoms with Gasteiger partial charge in [-0.3, -0.25) is 0 Å². The minimum Gasteiger partial charge on any atom is -0.497 e. The van der Waals surface area contributed by atoms with Gasteiger partial charge < -0.3 is 15.0 Å². The largest absolute Gasteiger partial charge is 0.497 e. The molecule has 0 amide bonds. The van der Waals surface area contributed by atoms with Gasteiger partial charge in [0.25, 0.3) is 0 Å². The molecule has 1 saturated carbocycles. The van der Waals surface area contributed by atoms with Crippen molar-refractivity contribution in [1.82, 2.24) is 5.32 Å². The molecule has 1 heterocycles. The highest BCUT2D eigenvalue weighted by molar-refractivity contribution is 5.56. The first-order valence-corrected chi connectivity index (χ1v) is 6.91. The van der Waals surface area contributed by atoms with Gasteiger partial charge in [-0.25, -0.2) is 0 Å². The highest BCUT2D eigenvalue weighted by Gasteiger charge is 2.34. The molecule has 1 saturated heterocycles. The molecule has 1 aliphatic heterocycles. The van der Waals surface area contributed by atoms with Gasteiger partial charge in [-0.2, -0.15) is 0 Å². The molecule has 1 unspecified atom stereocenters. The Morgan fingerprint density at radius 2 is 2.17 bits per heavy atom. The van der Waals surface area contributed by atoms with Crippen LogP contribution < -0.4 is 15.0 Å². The van der Waals surface area contributed by atoms with Crippen LogP contribution in [0.25, 0.3) is 0 Å². The molecule has 0 radical (unpaired) electrons. The zero-order valence-electron chi connectivity index (χ0n) is 11.3. The molecule has 2 fully saturated rings. The van der Waals surface area contributed by atoms with E-state index in [0.717, 1.165) is 31.3 Å². The van der Waals surface area contributed by atoms with E-state index < -0.39 is 0 Å². The quantitative estimate of drug-likeness (QED) is 0.885. The Balaban J connectivity index is 1.76. The maximum absolute atomic E-state index is 5.28. The lowest BCUT2D eigenvalue weighted by Gasteiger charge is -2.36. The van der Waals surface area contributed by atoms with Gasteiger partial charge in [0.05, 0.1) is 7.11 Å². The third-order valence-electron chi connectivity index (χ3n) is 4.14. The van der Waals surface area contributed by atoms with E-state index in [1.807, 2.05) is 0 Å². The van der Waals surface area contributed by atoms with E-state index in [1.165, 1.54) is 24.1 Å². The number of rotatable bonds is 3. The second kappa shape index (κ2) is 4.81. The highest BCUT2D eigenvalue weighted by atomic mass is 16.5. The summed E-state index contributed by atoms with van der Waals surface area (Å²) in [6.45, 7) is 5.53. The fraction of sp³-hybridized carbons (Fsp3) is 0.600. The summed E-state index contributed by atoms with van der Waals surface area (Å²) in [6.07, 6.45) is 2.82. The molecular formula is C15H22N2O. The third-order valence-corrected chi connectivity index (χ3v) is 4.14. The van der Waals surface area contributed by atoms with Crippen molar-refractivity contribution < 1.29 is 4.74 Å². The van der Waals surface area contributed by atoms with Crippen LogP contribution in [0, 0.1) is 12.8 Å². The SMILES string of the molecule is COc1ccc(N2CCNC(C3CC3)C2)c(C)c1. The van der Waals surface area contributed by atoms with Crippen molar-refractivity contribution in [3.05, 3.63) is 23.8 Å². The molecule has 0 spiro atoms. The third kappa shape index (κ3) is 2.32. The molecular weight excluding hydrogens is 224 g/mol. The fourth-order valence-corrected chi connectivity index (χ4v) is 2.92. The fourth-order valence-electron chi connectivity index (χ4n) is 2.92. The van der Waals surface area contributed by atoms with Crippen molar-refractivity contribution in [2.45, 2.75) is 25.8 Å². The predicted molar refractivity (Wildman–Crippen MR) is 74.5 cm³/mol. The number of aryl methyl sites for hydroxylation is 1. The summed E-state index contributed by atoms with van der Waals surface area (Å²) in [5.41, 5.74) is 2.67. The molecule has 2 aliphatic rings. The van der Waals surface area contributed by atoms with Crippen LogP contribution in [0.3, 0.4) is 0 Å². The van der Waals surface area contributed by atoms with Gasteiger partial charge in [0.1, 0.15) is 5.75 Å². The van der Waals surface area contributed by atoms with E-state index in [-0.39, 0.29) is 0 Å². The van der Waals surface area contributed by atoms with Crippen LogP contribution in [-0.4, -0.2) is 32.8 Å². The van der Waals surface area contributed by atoms with Gasteiger partial charge in [-0.05, 0) is 49.4 Å². The summed E-state index contributed by atoms with van der Waals surface area (Å²) in [7, 11) is 1.72. The number of nitrogens with zero attached hydrogens (tertiary/aromatic N) is 1. The van der Waals surface area contributed by atoms with E-state index in [0.29, 0.717) is 6.04 Å². The maximum atomic E-state index is 5.28. The molecule has 0 aromatic heterocycles. The Bertz CT molecular complexity index is 429. The van der Waals surface area contributed by atoms with Crippen LogP contribution in [0.5, 0.6) is 5.75 Å². The lowest BCUT2D eigenvalue weighted by atomic mass is 10.1. The van der Waals surface area contributed by atoms with E-state index >= 15 is 0 Å². The predicted octanol–water partition coefficient (Wildman–Crippen LogP) is 2.19. The zero-order valence-corrected chi connectivity index (χ0v) is 11.3. The first kappa shape index (κ1) is 11.8. The maximum Gasteiger partial charge on any atom is 0.119 e. The monoisotopic (exact) mass is 246 g/mol. The van der Waals surface area contributed by atoms with E-state index in [1.54, 1.807) is 7.11 Å². The molecule has 1 atom stereocenters. The zero-order chi connectivity index (χ0) is 12.5. The second-order valence-corrected chi connectivity index (χ2v) is 5.50. The van der Waals surface area contributed by atoms with Crippen LogP contribution in [0.1, 0.15) is 18.4 Å². The van der Waals surface area contributed by atoms with Crippen molar-refractivity contribution in [1.29, 1.82) is 0 Å². The Morgan fingerprint density at radius 3 is 2.83 bits per heavy atom. The summed E-state index contributed by atoms with van der Waals surface area (Å²) in [6, 6.07) is 7.09. The average Bonchev–Trinajstić information content (AvgIpc) is 3.23. The summed E-state index contributed by atoms with van der Waals surface area (Å²) in [4.78, 5) is 2.52.